The number of piperidine rings is 1. The molecule has 1 fully saturated rings. The monoisotopic (exact) mass is 502 g/mol. The third-order valence-corrected chi connectivity index (χ3v) is 6.80. The molecule has 0 radical (unpaired) electrons. The molecule has 1 aliphatic heterocycles. The van der Waals surface area contributed by atoms with Crippen LogP contribution in [-0.4, -0.2) is 23.4 Å². The number of rotatable bonds is 3. The van der Waals surface area contributed by atoms with E-state index in [9.17, 15) is 13.9 Å². The van der Waals surface area contributed by atoms with E-state index in [0.717, 1.165) is 12.1 Å². The third-order valence-electron chi connectivity index (χ3n) is 5.21. The zero-order valence-electron chi connectivity index (χ0n) is 14.9. The molecule has 0 spiro atoms. The Labute approximate surface area is 183 Å². The Morgan fingerprint density at radius 3 is 2.76 bits per heavy atom. The average molecular weight is 504 g/mol. The van der Waals surface area contributed by atoms with Crippen LogP contribution >= 0.6 is 39.1 Å². The minimum absolute atomic E-state index is 0.272. The summed E-state index contributed by atoms with van der Waals surface area (Å²) in [5.74, 6) is -2.22. The van der Waals surface area contributed by atoms with Crippen molar-refractivity contribution in [2.75, 3.05) is 13.1 Å². The first-order valence-corrected chi connectivity index (χ1v) is 10.4. The van der Waals surface area contributed by atoms with Crippen LogP contribution in [0.4, 0.5) is 8.78 Å². The predicted octanol–water partition coefficient (Wildman–Crippen LogP) is 5.65. The van der Waals surface area contributed by atoms with Gasteiger partial charge in [0.15, 0.2) is 17.4 Å². The number of aromatic nitrogens is 1. The summed E-state index contributed by atoms with van der Waals surface area (Å²) < 4.78 is 33.4. The van der Waals surface area contributed by atoms with Gasteiger partial charge in [-0.15, -0.1) is 0 Å². The fourth-order valence-electron chi connectivity index (χ4n) is 3.65. The molecular weight excluding hydrogens is 489 g/mol. The molecule has 0 aliphatic carbocycles. The molecule has 1 aromatic heterocycles. The lowest BCUT2D eigenvalue weighted by atomic mass is 9.75. The Morgan fingerprint density at radius 1 is 1.21 bits per heavy atom. The van der Waals surface area contributed by atoms with Gasteiger partial charge in [0.05, 0.1) is 20.4 Å². The lowest BCUT2D eigenvalue weighted by Crippen LogP contribution is -2.46. The molecule has 2 atom stereocenters. The number of nitrogens with one attached hydrogen (secondary N) is 1. The summed E-state index contributed by atoms with van der Waals surface area (Å²) in [4.78, 5) is 0. The second-order valence-electron chi connectivity index (χ2n) is 6.87. The van der Waals surface area contributed by atoms with Crippen LogP contribution in [0.15, 0.2) is 45.4 Å². The molecule has 152 valence electrons. The van der Waals surface area contributed by atoms with Gasteiger partial charge in [0.25, 0.3) is 0 Å². The lowest BCUT2D eigenvalue weighted by Gasteiger charge is -2.39. The molecule has 1 aliphatic rings. The van der Waals surface area contributed by atoms with E-state index in [2.05, 4.69) is 26.4 Å². The Kier molecular flexibility index (Phi) is 5.70. The second-order valence-corrected chi connectivity index (χ2v) is 8.45. The van der Waals surface area contributed by atoms with Crippen molar-refractivity contribution in [3.05, 3.63) is 73.9 Å². The Hall–Kier alpha value is -1.51. The number of nitrogens with zero attached hydrogens (tertiary/aromatic N) is 1. The van der Waals surface area contributed by atoms with E-state index in [-0.39, 0.29) is 12.0 Å². The van der Waals surface area contributed by atoms with Crippen LogP contribution in [0.1, 0.15) is 23.7 Å². The molecule has 4 nitrogen and oxygen atoms in total. The van der Waals surface area contributed by atoms with E-state index < -0.39 is 23.2 Å². The van der Waals surface area contributed by atoms with Crippen molar-refractivity contribution < 1.29 is 18.4 Å². The third kappa shape index (κ3) is 3.59. The molecule has 0 unspecified atom stereocenters. The summed E-state index contributed by atoms with van der Waals surface area (Å²) >= 11 is 15.9. The number of benzene rings is 2. The van der Waals surface area contributed by atoms with Gasteiger partial charge in [-0.2, -0.15) is 0 Å². The van der Waals surface area contributed by atoms with Crippen molar-refractivity contribution in [3.63, 3.8) is 0 Å². The number of hydrogen-bond donors (Lipinski definition) is 2. The molecule has 2 heterocycles. The smallest absolute Gasteiger partial charge is 0.159 e. The van der Waals surface area contributed by atoms with Gasteiger partial charge in [-0.25, -0.2) is 8.78 Å². The quantitative estimate of drug-likeness (QED) is 0.484. The molecule has 4 rings (SSSR count). The zero-order chi connectivity index (χ0) is 20.8. The van der Waals surface area contributed by atoms with Gasteiger partial charge in [0.2, 0.25) is 0 Å². The van der Waals surface area contributed by atoms with Gasteiger partial charge >= 0.3 is 0 Å². The number of aliphatic hydroxyl groups is 1. The van der Waals surface area contributed by atoms with Crippen molar-refractivity contribution in [1.29, 1.82) is 0 Å². The fraction of sp³-hybridized carbons (Fsp3) is 0.250. The maximum absolute atomic E-state index is 13.8. The standard InChI is InChI=1S/C20H15BrCl2F2N2O2/c21-16-18(11-2-1-3-13(22)17(11)23)27-29-19(16)12-9-26-7-6-20(12,28)10-4-5-14(24)15(25)8-10/h1-5,8,12,26,28H,6-7,9H2/t12-,20+/m1/s1. The first-order chi connectivity index (χ1) is 13.8. The van der Waals surface area contributed by atoms with Gasteiger partial charge in [0.1, 0.15) is 11.3 Å². The van der Waals surface area contributed by atoms with Crippen LogP contribution in [0.2, 0.25) is 10.0 Å². The van der Waals surface area contributed by atoms with E-state index >= 15 is 0 Å². The van der Waals surface area contributed by atoms with Gasteiger partial charge < -0.3 is 14.9 Å². The highest BCUT2D eigenvalue weighted by atomic mass is 79.9. The Balaban J connectivity index is 1.79. The van der Waals surface area contributed by atoms with Crippen LogP contribution in [-0.2, 0) is 5.60 Å². The van der Waals surface area contributed by atoms with Crippen LogP contribution in [0, 0.1) is 11.6 Å². The van der Waals surface area contributed by atoms with Crippen LogP contribution < -0.4 is 5.32 Å². The molecule has 0 bridgehead atoms. The van der Waals surface area contributed by atoms with Gasteiger partial charge in [-0.05, 0) is 52.7 Å². The minimum Gasteiger partial charge on any atom is -0.384 e. The summed E-state index contributed by atoms with van der Waals surface area (Å²) in [6.45, 7) is 0.858. The SMILES string of the molecule is O[C@]1(c2ccc(F)c(F)c2)CCNC[C@@H]1c1onc(-c2cccc(Cl)c2Cl)c1Br. The minimum atomic E-state index is -1.47. The highest BCUT2D eigenvalue weighted by Gasteiger charge is 2.45. The van der Waals surface area contributed by atoms with E-state index in [4.69, 9.17) is 27.7 Å². The molecule has 3 aromatic rings. The Bertz CT molecular complexity index is 1080. The van der Waals surface area contributed by atoms with Gasteiger partial charge in [-0.1, -0.05) is 46.6 Å². The number of halogens is 5. The normalized spacial score (nSPS) is 22.1. The van der Waals surface area contributed by atoms with Crippen LogP contribution in [0.5, 0.6) is 0 Å². The molecule has 0 amide bonds. The van der Waals surface area contributed by atoms with Crippen LogP contribution in [0.3, 0.4) is 0 Å². The van der Waals surface area contributed by atoms with Crippen molar-refractivity contribution in [2.24, 2.45) is 0 Å². The first-order valence-electron chi connectivity index (χ1n) is 8.81. The summed E-state index contributed by atoms with van der Waals surface area (Å²) in [5, 5.41) is 19.5. The fourth-order valence-corrected chi connectivity index (χ4v) is 4.68. The summed E-state index contributed by atoms with van der Waals surface area (Å²) in [7, 11) is 0. The topological polar surface area (TPSA) is 58.3 Å². The highest BCUT2D eigenvalue weighted by molar-refractivity contribution is 9.10. The van der Waals surface area contributed by atoms with Crippen molar-refractivity contribution in [3.8, 4) is 11.3 Å². The zero-order valence-corrected chi connectivity index (χ0v) is 18.0. The summed E-state index contributed by atoms with van der Waals surface area (Å²) in [5.41, 5.74) is -0.197. The lowest BCUT2D eigenvalue weighted by molar-refractivity contribution is -0.0236. The van der Waals surface area contributed by atoms with Gasteiger partial charge in [-0.3, -0.25) is 0 Å². The largest absolute Gasteiger partial charge is 0.384 e. The Morgan fingerprint density at radius 2 is 2.00 bits per heavy atom. The highest BCUT2D eigenvalue weighted by Crippen LogP contribution is 2.47. The van der Waals surface area contributed by atoms with E-state index in [1.807, 2.05) is 0 Å². The summed E-state index contributed by atoms with van der Waals surface area (Å²) in [6.07, 6.45) is 0.281. The maximum atomic E-state index is 13.8. The molecule has 9 heteroatoms. The molecule has 0 saturated carbocycles. The van der Waals surface area contributed by atoms with E-state index in [0.29, 0.717) is 44.6 Å². The van der Waals surface area contributed by atoms with Crippen molar-refractivity contribution >= 4 is 39.1 Å². The average Bonchev–Trinajstić information content (AvgIpc) is 3.07. The molecule has 2 N–H and O–H groups in total. The maximum Gasteiger partial charge on any atom is 0.159 e. The predicted molar refractivity (Wildman–Crippen MR) is 110 cm³/mol. The van der Waals surface area contributed by atoms with E-state index in [1.165, 1.54) is 6.07 Å². The van der Waals surface area contributed by atoms with Crippen molar-refractivity contribution in [2.45, 2.75) is 17.9 Å². The van der Waals surface area contributed by atoms with Crippen LogP contribution in [0.25, 0.3) is 11.3 Å². The first kappa shape index (κ1) is 20.8. The van der Waals surface area contributed by atoms with Gasteiger partial charge in [0, 0.05) is 12.1 Å². The van der Waals surface area contributed by atoms with E-state index in [1.54, 1.807) is 18.2 Å². The molecule has 2 aromatic carbocycles. The summed E-state index contributed by atoms with van der Waals surface area (Å²) in [6, 6.07) is 8.57. The number of hydrogen-bond acceptors (Lipinski definition) is 4. The van der Waals surface area contributed by atoms with Crippen molar-refractivity contribution in [1.82, 2.24) is 10.5 Å². The second kappa shape index (κ2) is 7.96. The molecular formula is C20H15BrCl2F2N2O2. The molecule has 1 saturated heterocycles. The molecule has 29 heavy (non-hydrogen) atoms.